The largest absolute Gasteiger partial charge is 0.496 e. The van der Waals surface area contributed by atoms with Gasteiger partial charge in [0.15, 0.2) is 0 Å². The number of carbonyl (C=O) groups excluding carboxylic acids is 1. The molecule has 0 aliphatic rings. The van der Waals surface area contributed by atoms with Crippen molar-refractivity contribution in [3.63, 3.8) is 0 Å². The van der Waals surface area contributed by atoms with Crippen LogP contribution in [0.3, 0.4) is 0 Å². The van der Waals surface area contributed by atoms with Gasteiger partial charge in [0, 0.05) is 30.5 Å². The minimum Gasteiger partial charge on any atom is -0.496 e. The minimum atomic E-state index is -0.222. The smallest absolute Gasteiger partial charge is 0.270 e. The molecule has 0 saturated carbocycles. The SMILES string of the molecule is COc1ccccc1CNC(=O)c1cc(NCc2ccc(C)cc2)ccn1. The Morgan fingerprint density at radius 2 is 1.81 bits per heavy atom. The fourth-order valence-corrected chi connectivity index (χ4v) is 2.69. The number of hydrogen-bond donors (Lipinski definition) is 2. The van der Waals surface area contributed by atoms with E-state index < -0.39 is 0 Å². The number of aromatic nitrogens is 1. The predicted octanol–water partition coefficient (Wildman–Crippen LogP) is 3.94. The minimum absolute atomic E-state index is 0.222. The van der Waals surface area contributed by atoms with Crippen molar-refractivity contribution >= 4 is 11.6 Å². The molecule has 3 rings (SSSR count). The molecule has 0 bridgehead atoms. The van der Waals surface area contributed by atoms with Crippen molar-refractivity contribution in [1.29, 1.82) is 0 Å². The number of aryl methyl sites for hydroxylation is 1. The summed E-state index contributed by atoms with van der Waals surface area (Å²) < 4.78 is 5.31. The van der Waals surface area contributed by atoms with E-state index in [9.17, 15) is 4.79 Å². The van der Waals surface area contributed by atoms with Crippen molar-refractivity contribution in [3.8, 4) is 5.75 Å². The van der Waals surface area contributed by atoms with Gasteiger partial charge in [-0.3, -0.25) is 9.78 Å². The molecule has 2 N–H and O–H groups in total. The molecule has 0 radical (unpaired) electrons. The average molecular weight is 361 g/mol. The Balaban J connectivity index is 1.60. The molecule has 0 atom stereocenters. The van der Waals surface area contributed by atoms with Crippen LogP contribution < -0.4 is 15.4 Å². The highest BCUT2D eigenvalue weighted by atomic mass is 16.5. The Hall–Kier alpha value is -3.34. The van der Waals surface area contributed by atoms with E-state index in [1.807, 2.05) is 30.3 Å². The van der Waals surface area contributed by atoms with Gasteiger partial charge in [-0.2, -0.15) is 0 Å². The van der Waals surface area contributed by atoms with Crippen LogP contribution in [0, 0.1) is 6.92 Å². The summed E-state index contributed by atoms with van der Waals surface area (Å²) in [6, 6.07) is 19.6. The van der Waals surface area contributed by atoms with E-state index in [4.69, 9.17) is 4.74 Å². The second kappa shape index (κ2) is 8.85. The van der Waals surface area contributed by atoms with Crippen LogP contribution in [-0.4, -0.2) is 18.0 Å². The molecule has 0 aliphatic heterocycles. The number of anilines is 1. The van der Waals surface area contributed by atoms with Crippen LogP contribution in [-0.2, 0) is 13.1 Å². The van der Waals surface area contributed by atoms with Gasteiger partial charge >= 0.3 is 0 Å². The standard InChI is InChI=1S/C22H23N3O2/c1-16-7-9-17(10-8-16)14-24-19-11-12-23-20(13-19)22(26)25-15-18-5-3-4-6-21(18)27-2/h3-13H,14-15H2,1-2H3,(H,23,24)(H,25,26). The lowest BCUT2D eigenvalue weighted by atomic mass is 10.1. The number of hydrogen-bond acceptors (Lipinski definition) is 4. The highest BCUT2D eigenvalue weighted by Crippen LogP contribution is 2.17. The number of nitrogens with one attached hydrogen (secondary N) is 2. The molecular formula is C22H23N3O2. The number of rotatable bonds is 7. The Kier molecular flexibility index (Phi) is 6.05. The summed E-state index contributed by atoms with van der Waals surface area (Å²) in [5.74, 6) is 0.527. The highest BCUT2D eigenvalue weighted by Gasteiger charge is 2.09. The quantitative estimate of drug-likeness (QED) is 0.669. The summed E-state index contributed by atoms with van der Waals surface area (Å²) in [5, 5.41) is 6.22. The topological polar surface area (TPSA) is 63.2 Å². The number of amides is 1. The molecule has 0 unspecified atom stereocenters. The van der Waals surface area contributed by atoms with Gasteiger partial charge in [-0.1, -0.05) is 48.0 Å². The Morgan fingerprint density at radius 3 is 2.59 bits per heavy atom. The summed E-state index contributed by atoms with van der Waals surface area (Å²) >= 11 is 0. The number of carbonyl (C=O) groups is 1. The van der Waals surface area contributed by atoms with E-state index in [-0.39, 0.29) is 5.91 Å². The van der Waals surface area contributed by atoms with Crippen LogP contribution in [0.25, 0.3) is 0 Å². The molecule has 0 fully saturated rings. The fourth-order valence-electron chi connectivity index (χ4n) is 2.69. The Labute approximate surface area is 159 Å². The van der Waals surface area contributed by atoms with E-state index in [0.717, 1.165) is 17.0 Å². The summed E-state index contributed by atoms with van der Waals surface area (Å²) in [6.45, 7) is 3.13. The molecule has 1 heterocycles. The lowest BCUT2D eigenvalue weighted by Gasteiger charge is -2.10. The third-order valence-electron chi connectivity index (χ3n) is 4.24. The molecule has 1 aromatic heterocycles. The highest BCUT2D eigenvalue weighted by molar-refractivity contribution is 5.93. The lowest BCUT2D eigenvalue weighted by Crippen LogP contribution is -2.24. The van der Waals surface area contributed by atoms with E-state index in [1.54, 1.807) is 19.4 Å². The third-order valence-corrected chi connectivity index (χ3v) is 4.24. The van der Waals surface area contributed by atoms with Gasteiger partial charge in [-0.25, -0.2) is 0 Å². The number of ether oxygens (including phenoxy) is 1. The Bertz CT molecular complexity index is 907. The third kappa shape index (κ3) is 5.07. The molecule has 5 nitrogen and oxygen atoms in total. The van der Waals surface area contributed by atoms with Crippen molar-refractivity contribution in [2.45, 2.75) is 20.0 Å². The molecule has 0 aliphatic carbocycles. The number of para-hydroxylation sites is 1. The molecule has 0 saturated heterocycles. The molecule has 3 aromatic rings. The van der Waals surface area contributed by atoms with Crippen LogP contribution in [0.2, 0.25) is 0 Å². The first-order valence-electron chi connectivity index (χ1n) is 8.81. The van der Waals surface area contributed by atoms with Gasteiger partial charge in [0.2, 0.25) is 0 Å². The number of nitrogens with zero attached hydrogens (tertiary/aromatic N) is 1. The van der Waals surface area contributed by atoms with Crippen LogP contribution in [0.5, 0.6) is 5.75 Å². The summed E-state index contributed by atoms with van der Waals surface area (Å²) in [6.07, 6.45) is 1.63. The van der Waals surface area contributed by atoms with Crippen LogP contribution >= 0.6 is 0 Å². The maximum Gasteiger partial charge on any atom is 0.270 e. The van der Waals surface area contributed by atoms with Gasteiger partial charge in [0.1, 0.15) is 11.4 Å². The van der Waals surface area contributed by atoms with Crippen molar-refractivity contribution in [2.75, 3.05) is 12.4 Å². The molecular weight excluding hydrogens is 338 g/mol. The zero-order valence-electron chi connectivity index (χ0n) is 15.5. The molecule has 1 amide bonds. The van der Waals surface area contributed by atoms with E-state index >= 15 is 0 Å². The maximum absolute atomic E-state index is 12.4. The van der Waals surface area contributed by atoms with Gasteiger partial charge in [-0.05, 0) is 30.7 Å². The molecule has 0 spiro atoms. The fraction of sp³-hybridized carbons (Fsp3) is 0.182. The summed E-state index contributed by atoms with van der Waals surface area (Å²) in [7, 11) is 1.62. The molecule has 138 valence electrons. The second-order valence-electron chi connectivity index (χ2n) is 6.26. The van der Waals surface area contributed by atoms with E-state index in [1.165, 1.54) is 11.1 Å². The first kappa shape index (κ1) is 18.5. The van der Waals surface area contributed by atoms with Crippen molar-refractivity contribution in [2.24, 2.45) is 0 Å². The van der Waals surface area contributed by atoms with E-state index in [2.05, 4.69) is 46.8 Å². The van der Waals surface area contributed by atoms with Crippen molar-refractivity contribution in [3.05, 3.63) is 89.2 Å². The monoisotopic (exact) mass is 361 g/mol. The van der Waals surface area contributed by atoms with Gasteiger partial charge in [0.05, 0.1) is 7.11 Å². The molecule has 5 heteroatoms. The number of benzene rings is 2. The molecule has 27 heavy (non-hydrogen) atoms. The summed E-state index contributed by atoms with van der Waals surface area (Å²) in [5.41, 5.74) is 4.56. The average Bonchev–Trinajstić information content (AvgIpc) is 2.72. The summed E-state index contributed by atoms with van der Waals surface area (Å²) in [4.78, 5) is 16.6. The van der Waals surface area contributed by atoms with Crippen LogP contribution in [0.15, 0.2) is 66.9 Å². The van der Waals surface area contributed by atoms with Gasteiger partial charge in [-0.15, -0.1) is 0 Å². The predicted molar refractivity (Wildman–Crippen MR) is 107 cm³/mol. The van der Waals surface area contributed by atoms with Crippen molar-refractivity contribution in [1.82, 2.24) is 10.3 Å². The first-order chi connectivity index (χ1) is 13.2. The normalized spacial score (nSPS) is 10.3. The van der Waals surface area contributed by atoms with Crippen LogP contribution in [0.4, 0.5) is 5.69 Å². The van der Waals surface area contributed by atoms with Crippen LogP contribution in [0.1, 0.15) is 27.2 Å². The number of pyridine rings is 1. The maximum atomic E-state index is 12.4. The van der Waals surface area contributed by atoms with Gasteiger partial charge in [0.25, 0.3) is 5.91 Å². The van der Waals surface area contributed by atoms with Crippen molar-refractivity contribution < 1.29 is 9.53 Å². The first-order valence-corrected chi connectivity index (χ1v) is 8.81. The lowest BCUT2D eigenvalue weighted by molar-refractivity contribution is 0.0945. The zero-order chi connectivity index (χ0) is 19.1. The number of methoxy groups -OCH3 is 1. The molecule has 2 aromatic carbocycles. The van der Waals surface area contributed by atoms with E-state index in [0.29, 0.717) is 18.8 Å². The second-order valence-corrected chi connectivity index (χ2v) is 6.26. The van der Waals surface area contributed by atoms with Gasteiger partial charge < -0.3 is 15.4 Å². The Morgan fingerprint density at radius 1 is 1.04 bits per heavy atom. The zero-order valence-corrected chi connectivity index (χ0v) is 15.5.